The second-order valence-corrected chi connectivity index (χ2v) is 12.2. The lowest BCUT2D eigenvalue weighted by molar-refractivity contribution is -0.132. The number of carbonyl (C=O) groups is 2. The Morgan fingerprint density at radius 1 is 1.06 bits per heavy atom. The van der Waals surface area contributed by atoms with Gasteiger partial charge >= 0.3 is 0 Å². The predicted molar refractivity (Wildman–Crippen MR) is 139 cm³/mol. The summed E-state index contributed by atoms with van der Waals surface area (Å²) >= 11 is 0. The number of anilines is 1. The van der Waals surface area contributed by atoms with Crippen molar-refractivity contribution < 1.29 is 9.59 Å². The Bertz CT molecular complexity index is 1120. The maximum atomic E-state index is 13.6. The predicted octanol–water partition coefficient (Wildman–Crippen LogP) is 2.54. The van der Waals surface area contributed by atoms with E-state index in [4.69, 9.17) is 4.98 Å². The monoisotopic (exact) mass is 496 g/mol. The van der Waals surface area contributed by atoms with Crippen molar-refractivity contribution in [1.82, 2.24) is 35.5 Å². The van der Waals surface area contributed by atoms with E-state index < -0.39 is 6.04 Å². The molecule has 1 saturated carbocycles. The Morgan fingerprint density at radius 3 is 2.47 bits per heavy atom. The van der Waals surface area contributed by atoms with Crippen molar-refractivity contribution in [2.45, 2.75) is 109 Å². The van der Waals surface area contributed by atoms with Crippen LogP contribution in [0, 0.1) is 0 Å². The molecule has 36 heavy (non-hydrogen) atoms. The molecule has 196 valence electrons. The highest BCUT2D eigenvalue weighted by Crippen LogP contribution is 2.30. The highest BCUT2D eigenvalue weighted by Gasteiger charge is 2.42. The van der Waals surface area contributed by atoms with E-state index in [9.17, 15) is 9.59 Å². The standard InChI is InChI=1S/C26H40N8O2/c1-15(35)30-18-12-16(33-26(5,6)7)8-9-20(18)34-11-10-17(23(34)36)31-22-21-19(28-14-29-22)13-27-24(32-21)25(2,3)4/h13-14,16-18,20,33H,8-12H2,1-7H3,(H,30,35)(H,28,29,31)/t16-,17?,18-,20+/m1/s1. The molecule has 3 N–H and O–H groups in total. The number of amides is 2. The van der Waals surface area contributed by atoms with E-state index in [0.29, 0.717) is 41.7 Å². The van der Waals surface area contributed by atoms with Gasteiger partial charge in [0.1, 0.15) is 29.2 Å². The van der Waals surface area contributed by atoms with Crippen molar-refractivity contribution in [3.8, 4) is 0 Å². The molecule has 2 aromatic rings. The quantitative estimate of drug-likeness (QED) is 0.577. The topological polar surface area (TPSA) is 125 Å². The molecule has 0 aromatic carbocycles. The van der Waals surface area contributed by atoms with E-state index in [0.717, 1.165) is 19.3 Å². The number of hydrogen-bond acceptors (Lipinski definition) is 8. The number of carbonyl (C=O) groups excluding carboxylic acids is 2. The van der Waals surface area contributed by atoms with Gasteiger partial charge in [-0.25, -0.2) is 19.9 Å². The maximum absolute atomic E-state index is 13.6. The molecule has 0 spiro atoms. The maximum Gasteiger partial charge on any atom is 0.245 e. The molecule has 10 heteroatoms. The largest absolute Gasteiger partial charge is 0.356 e. The normalized spacial score (nSPS) is 25.3. The Kier molecular flexibility index (Phi) is 7.19. The molecule has 0 bridgehead atoms. The lowest BCUT2D eigenvalue weighted by Gasteiger charge is -2.43. The van der Waals surface area contributed by atoms with Gasteiger partial charge in [0.2, 0.25) is 11.8 Å². The van der Waals surface area contributed by atoms with Crippen molar-refractivity contribution in [3.63, 3.8) is 0 Å². The Balaban J connectivity index is 1.51. The van der Waals surface area contributed by atoms with Gasteiger partial charge in [-0.1, -0.05) is 20.8 Å². The minimum atomic E-state index is -0.403. The summed E-state index contributed by atoms with van der Waals surface area (Å²) in [5.74, 6) is 1.22. The molecule has 1 aliphatic heterocycles. The van der Waals surface area contributed by atoms with Crippen LogP contribution in [0.25, 0.3) is 11.0 Å². The highest BCUT2D eigenvalue weighted by molar-refractivity contribution is 5.91. The van der Waals surface area contributed by atoms with E-state index >= 15 is 0 Å². The minimum absolute atomic E-state index is 0.00647. The van der Waals surface area contributed by atoms with Crippen LogP contribution in [0.4, 0.5) is 5.82 Å². The number of aromatic nitrogens is 4. The number of fused-ring (bicyclic) bond motifs is 1. The van der Waals surface area contributed by atoms with Crippen LogP contribution in [0.1, 0.15) is 80.0 Å². The van der Waals surface area contributed by atoms with Gasteiger partial charge in [-0.05, 0) is 46.5 Å². The third-order valence-corrected chi connectivity index (χ3v) is 6.84. The fourth-order valence-electron chi connectivity index (χ4n) is 5.34. The Morgan fingerprint density at radius 2 is 1.81 bits per heavy atom. The van der Waals surface area contributed by atoms with Crippen molar-refractivity contribution in [3.05, 3.63) is 18.3 Å². The average Bonchev–Trinajstić information content (AvgIpc) is 3.11. The third kappa shape index (κ3) is 5.91. The number of nitrogens with zero attached hydrogens (tertiary/aromatic N) is 5. The SMILES string of the molecule is CC(=O)N[C@@H]1C[C@H](NC(C)(C)C)CC[C@@H]1N1CCC(Nc2ncnc3cnc(C(C)(C)C)nc23)C1=O. The van der Waals surface area contributed by atoms with Crippen LogP contribution in [0.5, 0.6) is 0 Å². The van der Waals surface area contributed by atoms with Crippen LogP contribution in [-0.4, -0.2) is 72.9 Å². The van der Waals surface area contributed by atoms with Crippen LogP contribution in [0.3, 0.4) is 0 Å². The molecule has 2 amide bonds. The average molecular weight is 497 g/mol. The van der Waals surface area contributed by atoms with Crippen molar-refractivity contribution >= 4 is 28.7 Å². The fourth-order valence-corrected chi connectivity index (χ4v) is 5.34. The van der Waals surface area contributed by atoms with E-state index in [1.807, 2.05) is 4.90 Å². The third-order valence-electron chi connectivity index (χ3n) is 6.84. The molecule has 1 unspecified atom stereocenters. The number of hydrogen-bond donors (Lipinski definition) is 3. The summed E-state index contributed by atoms with van der Waals surface area (Å²) in [6, 6.07) is -0.211. The lowest BCUT2D eigenvalue weighted by Crippen LogP contribution is -2.59. The summed E-state index contributed by atoms with van der Waals surface area (Å²) in [7, 11) is 0. The molecule has 2 aliphatic rings. The van der Waals surface area contributed by atoms with Gasteiger partial charge in [-0.2, -0.15) is 0 Å². The van der Waals surface area contributed by atoms with E-state index in [1.54, 1.807) is 13.1 Å². The van der Waals surface area contributed by atoms with Gasteiger partial charge in [0.25, 0.3) is 0 Å². The highest BCUT2D eigenvalue weighted by atomic mass is 16.2. The summed E-state index contributed by atoms with van der Waals surface area (Å²) in [6.07, 6.45) is 6.44. The van der Waals surface area contributed by atoms with Crippen molar-refractivity contribution in [1.29, 1.82) is 0 Å². The second-order valence-electron chi connectivity index (χ2n) is 12.2. The molecule has 1 saturated heterocycles. The number of nitrogens with one attached hydrogen (secondary N) is 3. The molecule has 4 rings (SSSR count). The van der Waals surface area contributed by atoms with Crippen molar-refractivity contribution in [2.24, 2.45) is 0 Å². The lowest BCUT2D eigenvalue weighted by atomic mass is 9.84. The van der Waals surface area contributed by atoms with Crippen LogP contribution >= 0.6 is 0 Å². The molecule has 2 fully saturated rings. The van der Waals surface area contributed by atoms with Gasteiger partial charge in [0, 0.05) is 30.5 Å². The summed E-state index contributed by atoms with van der Waals surface area (Å²) in [4.78, 5) is 45.4. The minimum Gasteiger partial charge on any atom is -0.356 e. The van der Waals surface area contributed by atoms with Crippen LogP contribution < -0.4 is 16.0 Å². The van der Waals surface area contributed by atoms with E-state index in [-0.39, 0.29) is 34.9 Å². The van der Waals surface area contributed by atoms with Gasteiger partial charge in [0.05, 0.1) is 18.3 Å². The first kappa shape index (κ1) is 26.2. The zero-order valence-electron chi connectivity index (χ0n) is 22.6. The van der Waals surface area contributed by atoms with Crippen LogP contribution in [0.15, 0.2) is 12.5 Å². The second kappa shape index (κ2) is 9.88. The molecule has 1 aliphatic carbocycles. The number of rotatable bonds is 5. The number of likely N-dealkylation sites (tertiary alicyclic amines) is 1. The van der Waals surface area contributed by atoms with Crippen molar-refractivity contribution in [2.75, 3.05) is 11.9 Å². The molecule has 3 heterocycles. The summed E-state index contributed by atoms with van der Waals surface area (Å²) in [5, 5.41) is 10.1. The summed E-state index contributed by atoms with van der Waals surface area (Å²) in [6.45, 7) is 14.8. The summed E-state index contributed by atoms with van der Waals surface area (Å²) in [5.41, 5.74) is 1.03. The molecule has 10 nitrogen and oxygen atoms in total. The molecular weight excluding hydrogens is 456 g/mol. The Hall–Kier alpha value is -2.88. The molecule has 4 atom stereocenters. The van der Waals surface area contributed by atoms with Gasteiger partial charge in [0.15, 0.2) is 5.82 Å². The smallest absolute Gasteiger partial charge is 0.245 e. The molecule has 0 radical (unpaired) electrons. The van der Waals surface area contributed by atoms with Gasteiger partial charge in [-0.15, -0.1) is 0 Å². The van der Waals surface area contributed by atoms with Crippen LogP contribution in [-0.2, 0) is 15.0 Å². The Labute approximate surface area is 213 Å². The van der Waals surface area contributed by atoms with Gasteiger partial charge < -0.3 is 20.9 Å². The zero-order valence-corrected chi connectivity index (χ0v) is 22.6. The fraction of sp³-hybridized carbons (Fsp3) is 0.692. The first-order chi connectivity index (χ1) is 16.8. The van der Waals surface area contributed by atoms with E-state index in [1.165, 1.54) is 6.33 Å². The first-order valence-corrected chi connectivity index (χ1v) is 12.9. The zero-order chi connectivity index (χ0) is 26.3. The molecule has 2 aromatic heterocycles. The van der Waals surface area contributed by atoms with E-state index in [2.05, 4.69) is 72.4 Å². The molecular formula is C26H40N8O2. The van der Waals surface area contributed by atoms with Crippen LogP contribution in [0.2, 0.25) is 0 Å². The summed E-state index contributed by atoms with van der Waals surface area (Å²) < 4.78 is 0. The van der Waals surface area contributed by atoms with Gasteiger partial charge in [-0.3, -0.25) is 9.59 Å². The first-order valence-electron chi connectivity index (χ1n) is 12.9.